The fourth-order valence-corrected chi connectivity index (χ4v) is 3.58. The number of methoxy groups -OCH3 is 1. The van der Waals surface area contributed by atoms with E-state index in [0.29, 0.717) is 24.3 Å². The third-order valence-electron chi connectivity index (χ3n) is 5.06. The van der Waals surface area contributed by atoms with Crippen LogP contribution < -0.4 is 4.74 Å². The zero-order valence-corrected chi connectivity index (χ0v) is 16.7. The molecule has 1 aliphatic rings. The molecule has 1 saturated heterocycles. The number of hydrogen-bond acceptors (Lipinski definition) is 6. The smallest absolute Gasteiger partial charge is 0.295 e. The van der Waals surface area contributed by atoms with Crippen molar-refractivity contribution in [1.82, 2.24) is 4.90 Å². The van der Waals surface area contributed by atoms with Crippen molar-refractivity contribution >= 4 is 23.1 Å². The number of aliphatic hydroxyl groups is 1. The molecule has 0 saturated carbocycles. The first kappa shape index (κ1) is 21.0. The lowest BCUT2D eigenvalue weighted by Crippen LogP contribution is -2.30. The molecular formula is C22H22N2O6. The van der Waals surface area contributed by atoms with Crippen molar-refractivity contribution in [1.29, 1.82) is 0 Å². The molecule has 3 rings (SSSR count). The zero-order valence-electron chi connectivity index (χ0n) is 16.7. The molecule has 1 N–H and O–H groups in total. The van der Waals surface area contributed by atoms with E-state index in [-0.39, 0.29) is 16.8 Å². The Morgan fingerprint density at radius 1 is 1.20 bits per heavy atom. The van der Waals surface area contributed by atoms with Crippen molar-refractivity contribution in [3.05, 3.63) is 75.3 Å². The predicted molar refractivity (Wildman–Crippen MR) is 110 cm³/mol. The summed E-state index contributed by atoms with van der Waals surface area (Å²) in [5.74, 6) is -1.53. The molecule has 1 atom stereocenters. The van der Waals surface area contributed by atoms with Crippen LogP contribution in [-0.2, 0) is 9.59 Å². The van der Waals surface area contributed by atoms with Crippen LogP contribution in [0.25, 0.3) is 5.76 Å². The van der Waals surface area contributed by atoms with Crippen LogP contribution >= 0.6 is 0 Å². The van der Waals surface area contributed by atoms with Crippen LogP contribution in [0.5, 0.6) is 5.75 Å². The predicted octanol–water partition coefficient (Wildman–Crippen LogP) is 3.83. The number of aliphatic hydroxyl groups excluding tert-OH is 1. The van der Waals surface area contributed by atoms with Gasteiger partial charge in [0, 0.05) is 29.8 Å². The second-order valence-electron chi connectivity index (χ2n) is 6.90. The number of likely N-dealkylation sites (tertiary alicyclic amines) is 1. The standard InChI is InChI=1S/C22H22N2O6/c1-3-4-12-23-19(16-10-5-6-11-17(16)30-2)18(21(26)22(23)27)20(25)14-8-7-9-15(13-14)24(28)29/h5-11,13,19,25H,3-4,12H2,1-2H3/b20-18+. The highest BCUT2D eigenvalue weighted by Gasteiger charge is 2.46. The molecule has 1 heterocycles. The summed E-state index contributed by atoms with van der Waals surface area (Å²) < 4.78 is 5.42. The summed E-state index contributed by atoms with van der Waals surface area (Å²) in [5, 5.41) is 22.1. The monoisotopic (exact) mass is 410 g/mol. The molecule has 30 heavy (non-hydrogen) atoms. The van der Waals surface area contributed by atoms with Crippen LogP contribution in [0.3, 0.4) is 0 Å². The van der Waals surface area contributed by atoms with Gasteiger partial charge in [-0.3, -0.25) is 19.7 Å². The van der Waals surface area contributed by atoms with Gasteiger partial charge < -0.3 is 14.7 Å². The molecule has 2 aromatic carbocycles. The first-order chi connectivity index (χ1) is 14.4. The number of nitro benzene ring substituents is 1. The summed E-state index contributed by atoms with van der Waals surface area (Å²) in [7, 11) is 1.48. The first-order valence-electron chi connectivity index (χ1n) is 9.56. The van der Waals surface area contributed by atoms with Gasteiger partial charge in [0.2, 0.25) is 0 Å². The fourth-order valence-electron chi connectivity index (χ4n) is 3.58. The molecule has 1 aliphatic heterocycles. The highest BCUT2D eigenvalue weighted by molar-refractivity contribution is 6.46. The van der Waals surface area contributed by atoms with Crippen LogP contribution in [0.2, 0.25) is 0 Å². The second kappa shape index (κ2) is 8.77. The minimum Gasteiger partial charge on any atom is -0.507 e. The average Bonchev–Trinajstić information content (AvgIpc) is 3.01. The molecule has 156 valence electrons. The van der Waals surface area contributed by atoms with E-state index in [4.69, 9.17) is 4.74 Å². The van der Waals surface area contributed by atoms with Crippen LogP contribution in [0.4, 0.5) is 5.69 Å². The largest absolute Gasteiger partial charge is 0.507 e. The van der Waals surface area contributed by atoms with E-state index in [0.717, 1.165) is 6.42 Å². The number of benzene rings is 2. The Balaban J connectivity index is 2.22. The van der Waals surface area contributed by atoms with E-state index in [9.17, 15) is 24.8 Å². The lowest BCUT2D eigenvalue weighted by molar-refractivity contribution is -0.384. The van der Waals surface area contributed by atoms with Crippen molar-refractivity contribution in [3.8, 4) is 5.75 Å². The van der Waals surface area contributed by atoms with Crippen LogP contribution in [0, 0.1) is 10.1 Å². The van der Waals surface area contributed by atoms with E-state index in [1.165, 1.54) is 36.3 Å². The molecule has 8 heteroatoms. The summed E-state index contributed by atoms with van der Waals surface area (Å²) in [6, 6.07) is 11.4. The number of unbranched alkanes of at least 4 members (excludes halogenated alkanes) is 1. The third kappa shape index (κ3) is 3.76. The maximum atomic E-state index is 12.9. The Hall–Kier alpha value is -3.68. The van der Waals surface area contributed by atoms with Gasteiger partial charge in [-0.2, -0.15) is 0 Å². The summed E-state index contributed by atoms with van der Waals surface area (Å²) in [5.41, 5.74) is 0.314. The number of amides is 1. The van der Waals surface area contributed by atoms with Crippen molar-refractivity contribution in [2.45, 2.75) is 25.8 Å². The Morgan fingerprint density at radius 2 is 1.93 bits per heavy atom. The molecular weight excluding hydrogens is 388 g/mol. The number of para-hydroxylation sites is 1. The number of nitrogens with zero attached hydrogens (tertiary/aromatic N) is 2. The van der Waals surface area contributed by atoms with Gasteiger partial charge in [-0.15, -0.1) is 0 Å². The molecule has 1 unspecified atom stereocenters. The molecule has 1 amide bonds. The highest BCUT2D eigenvalue weighted by Crippen LogP contribution is 2.42. The van der Waals surface area contributed by atoms with Gasteiger partial charge in [0.25, 0.3) is 17.4 Å². The van der Waals surface area contributed by atoms with E-state index in [2.05, 4.69) is 0 Å². The number of carbonyl (C=O) groups is 2. The number of ketones is 1. The van der Waals surface area contributed by atoms with Gasteiger partial charge >= 0.3 is 0 Å². The van der Waals surface area contributed by atoms with E-state index in [1.807, 2.05) is 6.92 Å². The van der Waals surface area contributed by atoms with Crippen molar-refractivity contribution in [2.75, 3.05) is 13.7 Å². The Labute approximate surface area is 173 Å². The van der Waals surface area contributed by atoms with E-state index in [1.54, 1.807) is 24.3 Å². The lowest BCUT2D eigenvalue weighted by Gasteiger charge is -2.26. The van der Waals surface area contributed by atoms with Gasteiger partial charge in [0.05, 0.1) is 23.6 Å². The van der Waals surface area contributed by atoms with Gasteiger partial charge in [0.15, 0.2) is 0 Å². The fraction of sp³-hybridized carbons (Fsp3) is 0.273. The van der Waals surface area contributed by atoms with Gasteiger partial charge in [-0.25, -0.2) is 0 Å². The number of Topliss-reactive ketones (excluding diaryl/α,β-unsaturated/α-hetero) is 1. The van der Waals surface area contributed by atoms with Crippen molar-refractivity contribution in [2.24, 2.45) is 0 Å². The van der Waals surface area contributed by atoms with Gasteiger partial charge in [-0.1, -0.05) is 43.7 Å². The topological polar surface area (TPSA) is 110 Å². The minimum atomic E-state index is -0.855. The summed E-state index contributed by atoms with van der Waals surface area (Å²) >= 11 is 0. The number of rotatable bonds is 7. The average molecular weight is 410 g/mol. The maximum absolute atomic E-state index is 12.9. The molecule has 0 bridgehead atoms. The van der Waals surface area contributed by atoms with Gasteiger partial charge in [0.1, 0.15) is 11.5 Å². The molecule has 0 aromatic heterocycles. The quantitative estimate of drug-likeness (QED) is 0.244. The highest BCUT2D eigenvalue weighted by atomic mass is 16.6. The summed E-state index contributed by atoms with van der Waals surface area (Å²) in [4.78, 5) is 37.7. The van der Waals surface area contributed by atoms with Crippen molar-refractivity contribution < 1.29 is 24.4 Å². The molecule has 8 nitrogen and oxygen atoms in total. The first-order valence-corrected chi connectivity index (χ1v) is 9.56. The molecule has 2 aromatic rings. The third-order valence-corrected chi connectivity index (χ3v) is 5.06. The number of non-ortho nitro benzene ring substituents is 1. The second-order valence-corrected chi connectivity index (χ2v) is 6.90. The van der Waals surface area contributed by atoms with Crippen LogP contribution in [0.15, 0.2) is 54.1 Å². The number of nitro groups is 1. The summed E-state index contributed by atoms with van der Waals surface area (Å²) in [6.07, 6.45) is 1.49. The number of carbonyl (C=O) groups excluding carboxylic acids is 2. The summed E-state index contributed by atoms with van der Waals surface area (Å²) in [6.45, 7) is 2.30. The molecule has 0 spiro atoms. The minimum absolute atomic E-state index is 0.0950. The SMILES string of the molecule is CCCCN1C(=O)C(=O)/C(=C(/O)c2cccc([N+](=O)[O-])c2)C1c1ccccc1OC. The van der Waals surface area contributed by atoms with Crippen LogP contribution in [-0.4, -0.2) is 40.3 Å². The zero-order chi connectivity index (χ0) is 21.8. The Kier molecular flexibility index (Phi) is 6.15. The number of hydrogen-bond donors (Lipinski definition) is 1. The lowest BCUT2D eigenvalue weighted by atomic mass is 9.94. The Bertz CT molecular complexity index is 1030. The van der Waals surface area contributed by atoms with E-state index < -0.39 is 28.4 Å². The maximum Gasteiger partial charge on any atom is 0.295 e. The molecule has 0 aliphatic carbocycles. The van der Waals surface area contributed by atoms with Gasteiger partial charge in [-0.05, 0) is 12.5 Å². The number of ether oxygens (including phenoxy) is 1. The van der Waals surface area contributed by atoms with Crippen molar-refractivity contribution in [3.63, 3.8) is 0 Å². The molecule has 1 fully saturated rings. The molecule has 0 radical (unpaired) electrons. The van der Waals surface area contributed by atoms with Crippen LogP contribution in [0.1, 0.15) is 36.9 Å². The van der Waals surface area contributed by atoms with E-state index >= 15 is 0 Å². The Morgan fingerprint density at radius 3 is 2.60 bits per heavy atom. The normalized spacial score (nSPS) is 17.9.